The van der Waals surface area contributed by atoms with Crippen LogP contribution in [0.15, 0.2) is 0 Å². The van der Waals surface area contributed by atoms with E-state index in [0.717, 1.165) is 9.28 Å². The van der Waals surface area contributed by atoms with Gasteiger partial charge in [0, 0.05) is 6.61 Å². The van der Waals surface area contributed by atoms with Gasteiger partial charge in [-0.1, -0.05) is 88.7 Å². The lowest BCUT2D eigenvalue weighted by Gasteiger charge is -2.20. The average Bonchev–Trinajstić information content (AvgIpc) is 2.58. The molecule has 1 N–H and O–H groups in total. The Labute approximate surface area is 163 Å². The van der Waals surface area contributed by atoms with Crippen molar-refractivity contribution >= 4 is 39.3 Å². The number of hydrogen-bond acceptors (Lipinski definition) is 5. The van der Waals surface area contributed by atoms with Crippen LogP contribution in [-0.4, -0.2) is 25.7 Å². The number of hydrogen-bond donors (Lipinski definition) is 1. The van der Waals surface area contributed by atoms with Gasteiger partial charge in [0.25, 0.3) is 0 Å². The number of thiocarbonyl (C=S) groups is 1. The second-order valence-electron chi connectivity index (χ2n) is 6.55. The van der Waals surface area contributed by atoms with Crippen molar-refractivity contribution in [3.8, 4) is 6.07 Å². The van der Waals surface area contributed by atoms with Crippen LogP contribution in [0.4, 0.5) is 0 Å². The van der Waals surface area contributed by atoms with Gasteiger partial charge >= 0.3 is 0 Å². The zero-order chi connectivity index (χ0) is 18.1. The second kappa shape index (κ2) is 16.7. The quantitative estimate of drug-likeness (QED) is 0.249. The molecule has 0 saturated carbocycles. The van der Waals surface area contributed by atoms with Gasteiger partial charge in [0.2, 0.25) is 0 Å². The van der Waals surface area contributed by atoms with E-state index in [2.05, 4.69) is 13.0 Å². The smallest absolute Gasteiger partial charge is 0.106 e. The number of nitriles is 1. The van der Waals surface area contributed by atoms with E-state index < -0.39 is 4.75 Å². The van der Waals surface area contributed by atoms with Crippen LogP contribution < -0.4 is 0 Å². The Morgan fingerprint density at radius 1 is 1.00 bits per heavy atom. The van der Waals surface area contributed by atoms with Crippen molar-refractivity contribution in [3.05, 3.63) is 0 Å². The molecule has 0 saturated heterocycles. The molecule has 0 heterocycles. The van der Waals surface area contributed by atoms with E-state index in [1.807, 2.05) is 6.92 Å². The van der Waals surface area contributed by atoms with Crippen LogP contribution in [0.1, 0.15) is 90.9 Å². The molecule has 1 atom stereocenters. The van der Waals surface area contributed by atoms with Crippen molar-refractivity contribution in [2.75, 3.05) is 12.4 Å². The molecule has 0 aromatic heterocycles. The third-order valence-corrected chi connectivity index (χ3v) is 6.92. The van der Waals surface area contributed by atoms with E-state index in [1.54, 1.807) is 11.8 Å². The predicted molar refractivity (Wildman–Crippen MR) is 115 cm³/mol. The molecular formula is C19H35NOS3. The second-order valence-corrected chi connectivity index (χ2v) is 10.4. The molecule has 5 heteroatoms. The fourth-order valence-electron chi connectivity index (χ4n) is 2.50. The molecule has 0 aliphatic carbocycles. The topological polar surface area (TPSA) is 44.0 Å². The first-order valence-electron chi connectivity index (χ1n) is 9.46. The van der Waals surface area contributed by atoms with Crippen molar-refractivity contribution in [3.63, 3.8) is 0 Å². The SMILES string of the molecule is CCCCCCCCCCCCSC(=S)S[C@](C)(C#N)CCCO. The number of unbranched alkanes of at least 4 members (excludes halogenated alkanes) is 9. The number of aliphatic hydroxyl groups is 1. The zero-order valence-electron chi connectivity index (χ0n) is 15.5. The lowest BCUT2D eigenvalue weighted by atomic mass is 10.1. The Kier molecular flexibility index (Phi) is 16.9. The molecule has 2 nitrogen and oxygen atoms in total. The van der Waals surface area contributed by atoms with Gasteiger partial charge in [-0.05, 0) is 31.9 Å². The summed E-state index contributed by atoms with van der Waals surface area (Å²) < 4.78 is 0.373. The maximum atomic E-state index is 9.30. The fourth-order valence-corrected chi connectivity index (χ4v) is 5.52. The highest BCUT2D eigenvalue weighted by molar-refractivity contribution is 8.47. The first-order chi connectivity index (χ1) is 11.6. The first kappa shape index (κ1) is 24.2. The standard InChI is InChI=1S/C19H35NOS3/c1-3-4-5-6-7-8-9-10-11-12-16-23-18(22)24-19(2,17-20)14-13-15-21/h21H,3-16H2,1-2H3/t19-/m0/s1. The van der Waals surface area contributed by atoms with Crippen LogP contribution in [-0.2, 0) is 0 Å². The Bertz CT molecular complexity index is 357. The van der Waals surface area contributed by atoms with Gasteiger partial charge in [-0.15, -0.1) is 11.8 Å². The van der Waals surface area contributed by atoms with E-state index in [9.17, 15) is 5.26 Å². The zero-order valence-corrected chi connectivity index (χ0v) is 18.0. The maximum Gasteiger partial charge on any atom is 0.106 e. The van der Waals surface area contributed by atoms with E-state index in [1.165, 1.54) is 76.0 Å². The van der Waals surface area contributed by atoms with Gasteiger partial charge in [-0.2, -0.15) is 5.26 Å². The van der Waals surface area contributed by atoms with Gasteiger partial charge in [-0.25, -0.2) is 0 Å². The molecule has 140 valence electrons. The molecule has 0 bridgehead atoms. The van der Waals surface area contributed by atoms with Crippen molar-refractivity contribution < 1.29 is 5.11 Å². The molecule has 0 fully saturated rings. The molecule has 0 aromatic carbocycles. The Hall–Kier alpha value is 0.240. The Morgan fingerprint density at radius 3 is 2.04 bits per heavy atom. The number of rotatable bonds is 15. The molecule has 0 aliphatic heterocycles. The minimum Gasteiger partial charge on any atom is -0.396 e. The summed E-state index contributed by atoms with van der Waals surface area (Å²) in [4.78, 5) is 0. The number of thioether (sulfide) groups is 2. The highest BCUT2D eigenvalue weighted by Gasteiger charge is 2.26. The third kappa shape index (κ3) is 14.6. The minimum absolute atomic E-state index is 0.135. The highest BCUT2D eigenvalue weighted by atomic mass is 32.2. The molecule has 0 amide bonds. The summed E-state index contributed by atoms with van der Waals surface area (Å²) in [6, 6.07) is 2.34. The average molecular weight is 390 g/mol. The van der Waals surface area contributed by atoms with E-state index in [4.69, 9.17) is 17.3 Å². The van der Waals surface area contributed by atoms with Crippen LogP contribution in [0.3, 0.4) is 0 Å². The maximum absolute atomic E-state index is 9.30. The van der Waals surface area contributed by atoms with Crippen molar-refractivity contribution in [2.24, 2.45) is 0 Å². The monoisotopic (exact) mass is 389 g/mol. The molecule has 0 radical (unpaired) electrons. The summed E-state index contributed by atoms with van der Waals surface area (Å²) in [7, 11) is 0. The molecular weight excluding hydrogens is 354 g/mol. The highest BCUT2D eigenvalue weighted by Crippen LogP contribution is 2.34. The van der Waals surface area contributed by atoms with Gasteiger partial charge in [0.05, 0.1) is 6.07 Å². The van der Waals surface area contributed by atoms with Gasteiger partial charge in [0.1, 0.15) is 8.28 Å². The number of aliphatic hydroxyl groups excluding tert-OH is 1. The summed E-state index contributed by atoms with van der Waals surface area (Å²) in [6.45, 7) is 4.31. The lowest BCUT2D eigenvalue weighted by molar-refractivity contribution is 0.282. The van der Waals surface area contributed by atoms with E-state index in [-0.39, 0.29) is 6.61 Å². The van der Waals surface area contributed by atoms with E-state index >= 15 is 0 Å². The van der Waals surface area contributed by atoms with Crippen LogP contribution >= 0.6 is 35.7 Å². The Morgan fingerprint density at radius 2 is 1.54 bits per heavy atom. The van der Waals surface area contributed by atoms with Crippen molar-refractivity contribution in [1.82, 2.24) is 0 Å². The van der Waals surface area contributed by atoms with Crippen LogP contribution in [0, 0.1) is 11.3 Å². The van der Waals surface area contributed by atoms with Gasteiger partial charge in [0.15, 0.2) is 0 Å². The third-order valence-electron chi connectivity index (χ3n) is 4.07. The largest absolute Gasteiger partial charge is 0.396 e. The normalized spacial score (nSPS) is 13.4. The fraction of sp³-hybridized carbons (Fsp3) is 0.895. The summed E-state index contributed by atoms with van der Waals surface area (Å²) in [6.07, 6.45) is 14.8. The summed E-state index contributed by atoms with van der Waals surface area (Å²) in [5.74, 6) is 1.06. The van der Waals surface area contributed by atoms with Crippen LogP contribution in [0.5, 0.6) is 0 Å². The summed E-state index contributed by atoms with van der Waals surface area (Å²) in [5.41, 5.74) is 0. The van der Waals surface area contributed by atoms with Crippen molar-refractivity contribution in [2.45, 2.75) is 95.6 Å². The predicted octanol–water partition coefficient (Wildman–Crippen LogP) is 6.71. The van der Waals surface area contributed by atoms with Gasteiger partial charge in [-0.3, -0.25) is 0 Å². The van der Waals surface area contributed by atoms with Crippen LogP contribution in [0.2, 0.25) is 0 Å². The first-order valence-corrected chi connectivity index (χ1v) is 11.7. The summed E-state index contributed by atoms with van der Waals surface area (Å²) in [5, 5.41) is 18.2. The van der Waals surface area contributed by atoms with Gasteiger partial charge < -0.3 is 5.11 Å². The lowest BCUT2D eigenvalue weighted by Crippen LogP contribution is -2.19. The Balaban J connectivity index is 3.53. The van der Waals surface area contributed by atoms with Crippen molar-refractivity contribution in [1.29, 1.82) is 5.26 Å². The summed E-state index contributed by atoms with van der Waals surface area (Å²) >= 11 is 8.60. The molecule has 0 unspecified atom stereocenters. The number of nitrogens with zero attached hydrogens (tertiary/aromatic N) is 1. The minimum atomic E-state index is -0.495. The molecule has 0 aromatic rings. The van der Waals surface area contributed by atoms with Crippen LogP contribution in [0.25, 0.3) is 0 Å². The molecule has 24 heavy (non-hydrogen) atoms. The molecule has 0 rings (SSSR count). The van der Waals surface area contributed by atoms with E-state index in [0.29, 0.717) is 12.8 Å². The molecule has 0 aliphatic rings. The molecule has 0 spiro atoms.